The van der Waals surface area contributed by atoms with Crippen LogP contribution in [0, 0.1) is 11.8 Å². The molecular weight excluding hydrogens is 606 g/mol. The molecule has 2 atom stereocenters. The van der Waals surface area contributed by atoms with E-state index in [1.165, 1.54) is 4.90 Å². The number of benzene rings is 1. The summed E-state index contributed by atoms with van der Waals surface area (Å²) in [6.07, 6.45) is -0.0412. The third-order valence-electron chi connectivity index (χ3n) is 7.85. The van der Waals surface area contributed by atoms with Crippen molar-refractivity contribution in [3.05, 3.63) is 29.8 Å². The van der Waals surface area contributed by atoms with Gasteiger partial charge >= 0.3 is 12.1 Å². The van der Waals surface area contributed by atoms with Gasteiger partial charge in [-0.25, -0.2) is 9.59 Å². The van der Waals surface area contributed by atoms with Crippen molar-refractivity contribution in [3.8, 4) is 0 Å². The van der Waals surface area contributed by atoms with Crippen LogP contribution in [0.4, 0.5) is 15.3 Å². The van der Waals surface area contributed by atoms with Gasteiger partial charge in [0.1, 0.15) is 12.4 Å². The molecule has 14 heteroatoms. The number of hydrogen-bond acceptors (Lipinski definition) is 9. The molecule has 0 aromatic heterocycles. The number of ketones is 2. The Morgan fingerprint density at radius 3 is 2.15 bits per heavy atom. The number of carbonyl (C=O) groups is 6. The van der Waals surface area contributed by atoms with E-state index < -0.39 is 35.9 Å². The van der Waals surface area contributed by atoms with Gasteiger partial charge in [0.05, 0.1) is 12.6 Å². The predicted octanol–water partition coefficient (Wildman–Crippen LogP) is 2.40. The number of amides is 5. The molecule has 0 fully saturated rings. The van der Waals surface area contributed by atoms with Crippen LogP contribution < -0.4 is 27.4 Å². The summed E-state index contributed by atoms with van der Waals surface area (Å²) in [5, 5.41) is 8.01. The van der Waals surface area contributed by atoms with Crippen LogP contribution >= 0.6 is 0 Å². The molecule has 0 saturated heterocycles. The van der Waals surface area contributed by atoms with Crippen molar-refractivity contribution in [1.29, 1.82) is 0 Å². The molecule has 0 saturated carbocycles. The van der Waals surface area contributed by atoms with Crippen molar-refractivity contribution in [2.24, 2.45) is 23.3 Å². The average molecular weight is 662 g/mol. The standard InChI is InChI=1S/C33H55N7O7/c1-22(2)29(38-28(43)15-14-26(41)20-34)27(42)19-24(9-8-16-36-31(35)45)30(44)37-25-12-10-23(11-13-25)21-47-32(46)39(6)17-18-40(7)33(3,4)5/h10-13,22,24,29H,8-9,14-21,34H2,1-7H3,(H,37,44)(H,38,43)(H3,35,36,45)/t24-,29?/m1/s1. The van der Waals surface area contributed by atoms with Gasteiger partial charge in [0.2, 0.25) is 11.8 Å². The van der Waals surface area contributed by atoms with Crippen LogP contribution in [-0.2, 0) is 30.5 Å². The number of nitrogens with two attached hydrogens (primary N) is 2. The number of primary amides is 1. The quantitative estimate of drug-likeness (QED) is 0.130. The van der Waals surface area contributed by atoms with E-state index in [1.54, 1.807) is 45.2 Å². The smallest absolute Gasteiger partial charge is 0.409 e. The lowest BCUT2D eigenvalue weighted by atomic mass is 9.89. The lowest BCUT2D eigenvalue weighted by Crippen LogP contribution is -2.45. The van der Waals surface area contributed by atoms with Crippen LogP contribution in [0.25, 0.3) is 0 Å². The Morgan fingerprint density at radius 2 is 1.60 bits per heavy atom. The average Bonchev–Trinajstić information content (AvgIpc) is 3.00. The highest BCUT2D eigenvalue weighted by Gasteiger charge is 2.29. The maximum absolute atomic E-state index is 13.4. The second-order valence-corrected chi connectivity index (χ2v) is 13.1. The molecule has 1 rings (SSSR count). The normalized spacial score (nSPS) is 12.6. The summed E-state index contributed by atoms with van der Waals surface area (Å²) < 4.78 is 5.44. The molecule has 5 amide bonds. The summed E-state index contributed by atoms with van der Waals surface area (Å²) in [7, 11) is 3.69. The first-order chi connectivity index (χ1) is 21.9. The van der Waals surface area contributed by atoms with Gasteiger partial charge in [0, 0.05) is 63.1 Å². The first-order valence-corrected chi connectivity index (χ1v) is 16.0. The predicted molar refractivity (Wildman–Crippen MR) is 180 cm³/mol. The number of Topliss-reactive ketones (excluding diaryl/α,β-unsaturated/α-hetero) is 2. The van der Waals surface area contributed by atoms with E-state index in [-0.39, 0.29) is 68.4 Å². The molecule has 1 unspecified atom stereocenters. The summed E-state index contributed by atoms with van der Waals surface area (Å²) in [6, 6.07) is 5.27. The summed E-state index contributed by atoms with van der Waals surface area (Å²) in [5.41, 5.74) is 11.6. The molecule has 47 heavy (non-hydrogen) atoms. The van der Waals surface area contributed by atoms with E-state index in [4.69, 9.17) is 16.2 Å². The molecule has 1 aromatic rings. The van der Waals surface area contributed by atoms with Crippen molar-refractivity contribution >= 4 is 41.2 Å². The summed E-state index contributed by atoms with van der Waals surface area (Å²) in [5.74, 6) is -2.46. The van der Waals surface area contributed by atoms with Gasteiger partial charge < -0.3 is 37.1 Å². The molecule has 0 aliphatic rings. The molecule has 0 bridgehead atoms. The topological polar surface area (TPSA) is 206 Å². The Bertz CT molecular complexity index is 1200. The van der Waals surface area contributed by atoms with Crippen LogP contribution in [0.1, 0.15) is 72.3 Å². The summed E-state index contributed by atoms with van der Waals surface area (Å²) in [4.78, 5) is 77.8. The number of carbonyl (C=O) groups excluding carboxylic acids is 6. The lowest BCUT2D eigenvalue weighted by molar-refractivity contribution is -0.131. The number of anilines is 1. The highest BCUT2D eigenvalue weighted by molar-refractivity contribution is 5.97. The zero-order valence-corrected chi connectivity index (χ0v) is 29.0. The molecule has 0 radical (unpaired) electrons. The number of likely N-dealkylation sites (N-methyl/N-ethyl adjacent to an activating group) is 2. The Balaban J connectivity index is 2.85. The maximum atomic E-state index is 13.4. The van der Waals surface area contributed by atoms with Crippen molar-refractivity contribution in [3.63, 3.8) is 0 Å². The number of rotatable bonds is 20. The van der Waals surface area contributed by atoms with Gasteiger partial charge in [0.25, 0.3) is 0 Å². The monoisotopic (exact) mass is 661 g/mol. The van der Waals surface area contributed by atoms with Crippen molar-refractivity contribution in [2.45, 2.75) is 84.9 Å². The lowest BCUT2D eigenvalue weighted by Gasteiger charge is -2.33. The second kappa shape index (κ2) is 20.3. The minimum absolute atomic E-state index is 0.0122. The molecule has 0 aliphatic carbocycles. The summed E-state index contributed by atoms with van der Waals surface area (Å²) in [6.45, 7) is 11.2. The fraction of sp³-hybridized carbons (Fsp3) is 0.636. The number of nitrogens with zero attached hydrogens (tertiary/aromatic N) is 2. The largest absolute Gasteiger partial charge is 0.445 e. The van der Waals surface area contributed by atoms with Crippen LogP contribution in [0.2, 0.25) is 0 Å². The van der Waals surface area contributed by atoms with Gasteiger partial charge in [0.15, 0.2) is 5.78 Å². The van der Waals surface area contributed by atoms with Crippen LogP contribution in [0.5, 0.6) is 0 Å². The Morgan fingerprint density at radius 1 is 0.957 bits per heavy atom. The van der Waals surface area contributed by atoms with Crippen LogP contribution in [0.3, 0.4) is 0 Å². The van der Waals surface area contributed by atoms with Gasteiger partial charge in [-0.15, -0.1) is 0 Å². The number of urea groups is 1. The SMILES string of the molecule is CC(C)C(NC(=O)CCC(=O)CN)C(=O)C[C@@H](CCCNC(N)=O)C(=O)Nc1ccc(COC(=O)N(C)CCN(C)C(C)(C)C)cc1. The molecule has 1 aromatic carbocycles. The Kier molecular flexibility index (Phi) is 17.7. The minimum Gasteiger partial charge on any atom is -0.445 e. The molecule has 0 spiro atoms. The van der Waals surface area contributed by atoms with Gasteiger partial charge in [-0.2, -0.15) is 0 Å². The number of hydrogen-bond donors (Lipinski definition) is 5. The van der Waals surface area contributed by atoms with Crippen molar-refractivity contribution in [2.75, 3.05) is 45.6 Å². The van der Waals surface area contributed by atoms with E-state index in [0.29, 0.717) is 25.2 Å². The molecule has 14 nitrogen and oxygen atoms in total. The highest BCUT2D eigenvalue weighted by atomic mass is 16.6. The Labute approximate surface area is 278 Å². The fourth-order valence-electron chi connectivity index (χ4n) is 4.39. The van der Waals surface area contributed by atoms with Gasteiger partial charge in [-0.1, -0.05) is 26.0 Å². The van der Waals surface area contributed by atoms with E-state index in [9.17, 15) is 28.8 Å². The Hall–Kier alpha value is -4.04. The van der Waals surface area contributed by atoms with Crippen molar-refractivity contribution < 1.29 is 33.5 Å². The van der Waals surface area contributed by atoms with Crippen molar-refractivity contribution in [1.82, 2.24) is 20.4 Å². The number of ether oxygens (including phenoxy) is 1. The zero-order chi connectivity index (χ0) is 35.7. The molecule has 0 aliphatic heterocycles. The zero-order valence-electron chi connectivity index (χ0n) is 29.0. The molecule has 264 valence electrons. The van der Waals surface area contributed by atoms with Gasteiger partial charge in [-0.3, -0.25) is 24.1 Å². The fourth-order valence-corrected chi connectivity index (χ4v) is 4.39. The molecule has 0 heterocycles. The first kappa shape index (κ1) is 41.0. The molecule has 7 N–H and O–H groups in total. The van der Waals surface area contributed by atoms with Crippen LogP contribution in [-0.4, -0.2) is 97.2 Å². The first-order valence-electron chi connectivity index (χ1n) is 16.0. The van der Waals surface area contributed by atoms with E-state index in [2.05, 4.69) is 41.6 Å². The third-order valence-corrected chi connectivity index (χ3v) is 7.85. The highest BCUT2D eigenvalue weighted by Crippen LogP contribution is 2.20. The molecular formula is C33H55N7O7. The maximum Gasteiger partial charge on any atom is 0.409 e. The second-order valence-electron chi connectivity index (χ2n) is 13.1. The third kappa shape index (κ3) is 16.4. The minimum atomic E-state index is -0.852. The van der Waals surface area contributed by atoms with E-state index in [0.717, 1.165) is 5.56 Å². The van der Waals surface area contributed by atoms with E-state index in [1.807, 2.05) is 7.05 Å². The van der Waals surface area contributed by atoms with Gasteiger partial charge in [-0.05, 0) is 64.3 Å². The van der Waals surface area contributed by atoms with Crippen LogP contribution in [0.15, 0.2) is 24.3 Å². The van der Waals surface area contributed by atoms with E-state index >= 15 is 0 Å². The summed E-state index contributed by atoms with van der Waals surface area (Å²) >= 11 is 0. The number of nitrogens with one attached hydrogen (secondary N) is 3.